The van der Waals surface area contributed by atoms with E-state index in [9.17, 15) is 9.90 Å². The number of carboxylic acids is 1. The Bertz CT molecular complexity index is 295. The number of halogens is 1. The lowest BCUT2D eigenvalue weighted by Gasteiger charge is -2.41. The van der Waals surface area contributed by atoms with E-state index in [4.69, 9.17) is 11.6 Å². The summed E-state index contributed by atoms with van der Waals surface area (Å²) in [5.74, 6) is -0.666. The van der Waals surface area contributed by atoms with Gasteiger partial charge in [-0.15, -0.1) is 0 Å². The van der Waals surface area contributed by atoms with Crippen LogP contribution in [0.15, 0.2) is 11.1 Å². The highest BCUT2D eigenvalue weighted by atomic mass is 35.5. The maximum Gasteiger partial charge on any atom is 0.309 e. The van der Waals surface area contributed by atoms with Gasteiger partial charge in [0.05, 0.1) is 5.41 Å². The summed E-state index contributed by atoms with van der Waals surface area (Å²) in [7, 11) is 0. The first kappa shape index (κ1) is 13.6. The number of allylic oxidation sites excluding steroid dienone is 1. The Hall–Kier alpha value is -0.500. The molecule has 0 amide bonds. The lowest BCUT2D eigenvalue weighted by Crippen LogP contribution is -2.38. The van der Waals surface area contributed by atoms with Crippen molar-refractivity contribution in [3.8, 4) is 0 Å². The Morgan fingerprint density at radius 1 is 1.31 bits per heavy atom. The van der Waals surface area contributed by atoms with Crippen molar-refractivity contribution in [2.45, 2.75) is 52.9 Å². The fourth-order valence-corrected chi connectivity index (χ4v) is 2.52. The number of carboxylic acid groups (broad SMARTS) is 1. The van der Waals surface area contributed by atoms with Gasteiger partial charge in [0.15, 0.2) is 0 Å². The van der Waals surface area contributed by atoms with E-state index in [0.29, 0.717) is 6.42 Å². The summed E-state index contributed by atoms with van der Waals surface area (Å²) < 4.78 is 0. The first-order valence-electron chi connectivity index (χ1n) is 5.81. The molecule has 1 saturated carbocycles. The Labute approximate surface area is 103 Å². The maximum absolute atomic E-state index is 11.5. The molecule has 0 aromatic rings. The monoisotopic (exact) mass is 244 g/mol. The van der Waals surface area contributed by atoms with Crippen molar-refractivity contribution in [2.24, 2.45) is 10.8 Å². The van der Waals surface area contributed by atoms with Crippen molar-refractivity contribution >= 4 is 17.6 Å². The number of aliphatic carboxylic acids is 1. The standard InChI is InChI=1S/C13H21ClO2/c1-10(9-14)8-13(11(15)16)6-4-12(2,3)5-7-13/h9H,4-8H2,1-3H3,(H,15,16). The van der Waals surface area contributed by atoms with Gasteiger partial charge in [-0.3, -0.25) is 4.79 Å². The van der Waals surface area contributed by atoms with E-state index >= 15 is 0 Å². The number of hydrogen-bond donors (Lipinski definition) is 1. The quantitative estimate of drug-likeness (QED) is 0.808. The van der Waals surface area contributed by atoms with Crippen molar-refractivity contribution in [1.82, 2.24) is 0 Å². The molecule has 1 N–H and O–H groups in total. The number of hydrogen-bond acceptors (Lipinski definition) is 1. The van der Waals surface area contributed by atoms with Gasteiger partial charge in [0.2, 0.25) is 0 Å². The summed E-state index contributed by atoms with van der Waals surface area (Å²) in [5, 5.41) is 9.43. The van der Waals surface area contributed by atoms with E-state index in [-0.39, 0.29) is 5.41 Å². The van der Waals surface area contributed by atoms with E-state index in [0.717, 1.165) is 31.3 Å². The van der Waals surface area contributed by atoms with Gasteiger partial charge < -0.3 is 5.11 Å². The summed E-state index contributed by atoms with van der Waals surface area (Å²) in [6.45, 7) is 6.32. The normalized spacial score (nSPS) is 24.1. The summed E-state index contributed by atoms with van der Waals surface area (Å²) in [5.41, 5.74) is 2.18. The molecule has 0 radical (unpaired) electrons. The Morgan fingerprint density at radius 3 is 2.19 bits per heavy atom. The van der Waals surface area contributed by atoms with Crippen LogP contribution in [-0.4, -0.2) is 11.1 Å². The van der Waals surface area contributed by atoms with Crippen LogP contribution in [0.25, 0.3) is 0 Å². The third-order valence-electron chi connectivity index (χ3n) is 3.82. The van der Waals surface area contributed by atoms with E-state index < -0.39 is 11.4 Å². The SMILES string of the molecule is CC(=CCl)CC1(C(=O)O)CCC(C)(C)CC1. The van der Waals surface area contributed by atoms with Gasteiger partial charge in [-0.2, -0.15) is 0 Å². The highest BCUT2D eigenvalue weighted by Crippen LogP contribution is 2.48. The molecule has 0 saturated heterocycles. The van der Waals surface area contributed by atoms with E-state index in [1.807, 2.05) is 6.92 Å². The Morgan fingerprint density at radius 2 is 1.81 bits per heavy atom. The van der Waals surface area contributed by atoms with Crippen LogP contribution in [0.3, 0.4) is 0 Å². The molecule has 1 fully saturated rings. The van der Waals surface area contributed by atoms with E-state index in [2.05, 4.69) is 13.8 Å². The minimum absolute atomic E-state index is 0.289. The minimum Gasteiger partial charge on any atom is -0.481 e. The highest BCUT2D eigenvalue weighted by molar-refractivity contribution is 6.25. The van der Waals surface area contributed by atoms with Gasteiger partial charge in [0.1, 0.15) is 0 Å². The van der Waals surface area contributed by atoms with Gasteiger partial charge in [0.25, 0.3) is 0 Å². The van der Waals surface area contributed by atoms with Crippen LogP contribution in [0, 0.1) is 10.8 Å². The molecule has 0 unspecified atom stereocenters. The van der Waals surface area contributed by atoms with Crippen molar-refractivity contribution in [3.05, 3.63) is 11.1 Å². The molecule has 2 nitrogen and oxygen atoms in total. The molecule has 0 bridgehead atoms. The summed E-state index contributed by atoms with van der Waals surface area (Å²) in [4.78, 5) is 11.5. The van der Waals surface area contributed by atoms with E-state index in [1.165, 1.54) is 5.54 Å². The molecule has 0 heterocycles. The third-order valence-corrected chi connectivity index (χ3v) is 4.19. The van der Waals surface area contributed by atoms with Crippen molar-refractivity contribution in [3.63, 3.8) is 0 Å². The molecule has 3 heteroatoms. The van der Waals surface area contributed by atoms with Crippen LogP contribution < -0.4 is 0 Å². The second-order valence-corrected chi connectivity index (χ2v) is 6.10. The average molecular weight is 245 g/mol. The zero-order valence-corrected chi connectivity index (χ0v) is 11.1. The largest absolute Gasteiger partial charge is 0.481 e. The Kier molecular flexibility index (Phi) is 4.06. The summed E-state index contributed by atoms with van der Waals surface area (Å²) in [6, 6.07) is 0. The fraction of sp³-hybridized carbons (Fsp3) is 0.769. The summed E-state index contributed by atoms with van der Waals surface area (Å²) in [6.07, 6.45) is 4.07. The van der Waals surface area contributed by atoms with Crippen molar-refractivity contribution < 1.29 is 9.90 Å². The first-order chi connectivity index (χ1) is 7.31. The molecule has 1 aliphatic rings. The fourth-order valence-electron chi connectivity index (χ4n) is 2.44. The van der Waals surface area contributed by atoms with Crippen LogP contribution in [0.4, 0.5) is 0 Å². The molecular weight excluding hydrogens is 224 g/mol. The van der Waals surface area contributed by atoms with Crippen molar-refractivity contribution in [2.75, 3.05) is 0 Å². The first-order valence-corrected chi connectivity index (χ1v) is 6.24. The molecule has 0 atom stereocenters. The van der Waals surface area contributed by atoms with Gasteiger partial charge in [-0.25, -0.2) is 0 Å². The molecule has 0 spiro atoms. The second kappa shape index (κ2) is 4.79. The topological polar surface area (TPSA) is 37.3 Å². The van der Waals surface area contributed by atoms with Crippen LogP contribution in [0.5, 0.6) is 0 Å². The lowest BCUT2D eigenvalue weighted by atomic mass is 9.63. The van der Waals surface area contributed by atoms with Crippen molar-refractivity contribution in [1.29, 1.82) is 0 Å². The van der Waals surface area contributed by atoms with Gasteiger partial charge in [-0.05, 0) is 44.4 Å². The highest BCUT2D eigenvalue weighted by Gasteiger charge is 2.43. The number of carbonyl (C=O) groups is 1. The van der Waals surface area contributed by atoms with Crippen LogP contribution in [0.2, 0.25) is 0 Å². The minimum atomic E-state index is -0.666. The molecule has 0 aromatic carbocycles. The average Bonchev–Trinajstić information content (AvgIpc) is 2.21. The predicted molar refractivity (Wildman–Crippen MR) is 66.5 cm³/mol. The molecule has 1 rings (SSSR count). The van der Waals surface area contributed by atoms with Crippen LogP contribution in [-0.2, 0) is 4.79 Å². The molecular formula is C13H21ClO2. The van der Waals surface area contributed by atoms with Crippen LogP contribution >= 0.6 is 11.6 Å². The molecule has 16 heavy (non-hydrogen) atoms. The summed E-state index contributed by atoms with van der Waals surface area (Å²) >= 11 is 5.64. The molecule has 92 valence electrons. The van der Waals surface area contributed by atoms with Crippen LogP contribution in [0.1, 0.15) is 52.9 Å². The number of rotatable bonds is 3. The maximum atomic E-state index is 11.5. The predicted octanol–water partition coefficient (Wildman–Crippen LogP) is 4.19. The van der Waals surface area contributed by atoms with E-state index in [1.54, 1.807) is 0 Å². The lowest BCUT2D eigenvalue weighted by molar-refractivity contribution is -0.152. The van der Waals surface area contributed by atoms with Gasteiger partial charge in [-0.1, -0.05) is 31.0 Å². The van der Waals surface area contributed by atoms with Gasteiger partial charge >= 0.3 is 5.97 Å². The molecule has 1 aliphatic carbocycles. The zero-order chi connectivity index (χ0) is 12.4. The third kappa shape index (κ3) is 3.00. The molecule has 0 aromatic heterocycles. The zero-order valence-electron chi connectivity index (χ0n) is 10.3. The molecule has 0 aliphatic heterocycles. The van der Waals surface area contributed by atoms with Gasteiger partial charge in [0, 0.05) is 5.54 Å². The Balaban J connectivity index is 2.81. The smallest absolute Gasteiger partial charge is 0.309 e. The second-order valence-electron chi connectivity index (χ2n) is 5.88.